The minimum Gasteiger partial charge on any atom is -0.507 e. The van der Waals surface area contributed by atoms with Crippen LogP contribution in [-0.2, 0) is 19.4 Å². The number of aromatic amines is 1. The Kier molecular flexibility index (Phi) is 5.80. The second-order valence-corrected chi connectivity index (χ2v) is 6.33. The van der Waals surface area contributed by atoms with Crippen molar-refractivity contribution in [1.29, 1.82) is 0 Å². The van der Waals surface area contributed by atoms with E-state index in [1.54, 1.807) is 12.1 Å². The van der Waals surface area contributed by atoms with Gasteiger partial charge in [0.25, 0.3) is 0 Å². The van der Waals surface area contributed by atoms with E-state index in [1.165, 1.54) is 6.92 Å². The monoisotopic (exact) mass is 366 g/mol. The van der Waals surface area contributed by atoms with Crippen molar-refractivity contribution in [1.82, 2.24) is 20.6 Å². The third kappa shape index (κ3) is 4.31. The summed E-state index contributed by atoms with van der Waals surface area (Å²) in [6.07, 6.45) is 2.04. The Morgan fingerprint density at radius 1 is 1.19 bits per heavy atom. The molecule has 0 saturated carbocycles. The summed E-state index contributed by atoms with van der Waals surface area (Å²) in [6.45, 7) is 3.80. The Hall–Kier alpha value is -3.22. The Labute approximate surface area is 157 Å². The molecule has 0 atom stereocenters. The highest BCUT2D eigenvalue weighted by Crippen LogP contribution is 2.33. The maximum atomic E-state index is 11.7. The lowest BCUT2D eigenvalue weighted by atomic mass is 10.0. The molecule has 0 fully saturated rings. The van der Waals surface area contributed by atoms with Crippen LogP contribution in [0.25, 0.3) is 0 Å². The third-order valence-electron chi connectivity index (χ3n) is 4.37. The van der Waals surface area contributed by atoms with Gasteiger partial charge in [0.15, 0.2) is 11.6 Å². The van der Waals surface area contributed by atoms with Crippen molar-refractivity contribution < 1.29 is 14.6 Å². The van der Waals surface area contributed by atoms with Gasteiger partial charge in [-0.1, -0.05) is 37.6 Å². The number of phenols is 1. The Morgan fingerprint density at radius 2 is 1.96 bits per heavy atom. The van der Waals surface area contributed by atoms with E-state index in [1.807, 2.05) is 31.2 Å². The molecule has 0 bridgehead atoms. The zero-order valence-corrected chi connectivity index (χ0v) is 15.4. The number of aromatic nitrogens is 4. The van der Waals surface area contributed by atoms with Crippen LogP contribution in [0.4, 0.5) is 0 Å². The van der Waals surface area contributed by atoms with Gasteiger partial charge in [0.1, 0.15) is 18.1 Å². The summed E-state index contributed by atoms with van der Waals surface area (Å²) in [7, 11) is 0. The maximum absolute atomic E-state index is 11.7. The van der Waals surface area contributed by atoms with E-state index in [-0.39, 0.29) is 11.5 Å². The van der Waals surface area contributed by atoms with Crippen molar-refractivity contribution in [3.8, 4) is 11.5 Å². The van der Waals surface area contributed by atoms with Crippen LogP contribution in [0.15, 0.2) is 36.4 Å². The van der Waals surface area contributed by atoms with Crippen molar-refractivity contribution in [3.63, 3.8) is 0 Å². The largest absolute Gasteiger partial charge is 0.507 e. The summed E-state index contributed by atoms with van der Waals surface area (Å²) in [4.78, 5) is 11.7. The molecule has 2 aromatic carbocycles. The Bertz CT molecular complexity index is 923. The van der Waals surface area contributed by atoms with Gasteiger partial charge in [0.2, 0.25) is 0 Å². The molecule has 0 spiro atoms. The van der Waals surface area contributed by atoms with Crippen molar-refractivity contribution in [2.45, 2.75) is 39.7 Å². The lowest BCUT2D eigenvalue weighted by Crippen LogP contribution is -2.05. The first kappa shape index (κ1) is 18.6. The van der Waals surface area contributed by atoms with Gasteiger partial charge in [-0.25, -0.2) is 5.10 Å². The van der Waals surface area contributed by atoms with Crippen molar-refractivity contribution in [2.75, 3.05) is 0 Å². The van der Waals surface area contributed by atoms with Crippen LogP contribution in [0, 0.1) is 0 Å². The molecule has 0 amide bonds. The number of phenolic OH excluding ortho intramolecular Hbond substituents is 1. The van der Waals surface area contributed by atoms with Gasteiger partial charge in [-0.15, -0.1) is 5.10 Å². The van der Waals surface area contributed by atoms with E-state index in [9.17, 15) is 9.90 Å². The van der Waals surface area contributed by atoms with Crippen LogP contribution >= 0.6 is 0 Å². The first-order chi connectivity index (χ1) is 13.1. The van der Waals surface area contributed by atoms with E-state index in [4.69, 9.17) is 4.74 Å². The number of nitrogens with zero attached hydrogens (tertiary/aromatic N) is 3. The van der Waals surface area contributed by atoms with Gasteiger partial charge in [-0.3, -0.25) is 4.79 Å². The van der Waals surface area contributed by atoms with E-state index < -0.39 is 0 Å². The van der Waals surface area contributed by atoms with Gasteiger partial charge in [0.05, 0.1) is 5.56 Å². The highest BCUT2D eigenvalue weighted by Gasteiger charge is 2.16. The molecule has 0 radical (unpaired) electrons. The van der Waals surface area contributed by atoms with Crippen LogP contribution in [0.3, 0.4) is 0 Å². The number of hydrogen-bond donors (Lipinski definition) is 2. The van der Waals surface area contributed by atoms with Gasteiger partial charge >= 0.3 is 0 Å². The maximum Gasteiger partial charge on any atom is 0.163 e. The fourth-order valence-electron chi connectivity index (χ4n) is 2.99. The molecule has 27 heavy (non-hydrogen) atoms. The summed E-state index contributed by atoms with van der Waals surface area (Å²) in [5.74, 6) is 1.12. The van der Waals surface area contributed by atoms with Crippen LogP contribution in [0.5, 0.6) is 11.5 Å². The average Bonchev–Trinajstić information content (AvgIpc) is 3.16. The smallest absolute Gasteiger partial charge is 0.163 e. The second kappa shape index (κ2) is 8.44. The lowest BCUT2D eigenvalue weighted by molar-refractivity contribution is 0.101. The zero-order valence-electron chi connectivity index (χ0n) is 15.4. The molecule has 3 rings (SSSR count). The fourth-order valence-corrected chi connectivity index (χ4v) is 2.99. The Balaban J connectivity index is 1.83. The van der Waals surface area contributed by atoms with Crippen LogP contribution < -0.4 is 4.74 Å². The summed E-state index contributed by atoms with van der Waals surface area (Å²) in [5, 5.41) is 24.3. The number of Topliss-reactive ketones (excluding diaryl/α,β-unsaturated/α-hetero) is 1. The average molecular weight is 366 g/mol. The highest BCUT2D eigenvalue weighted by molar-refractivity contribution is 5.97. The molecule has 140 valence electrons. The van der Waals surface area contributed by atoms with Crippen LogP contribution in [0.2, 0.25) is 0 Å². The number of hydrogen-bond acceptors (Lipinski definition) is 6. The molecule has 0 saturated heterocycles. The predicted molar refractivity (Wildman–Crippen MR) is 99.9 cm³/mol. The van der Waals surface area contributed by atoms with E-state index in [0.29, 0.717) is 42.1 Å². The molecule has 1 heterocycles. The van der Waals surface area contributed by atoms with Crippen LogP contribution in [0.1, 0.15) is 53.1 Å². The topological polar surface area (TPSA) is 101 Å². The molecule has 0 aliphatic heterocycles. The predicted octanol–water partition coefficient (Wildman–Crippen LogP) is 3.23. The highest BCUT2D eigenvalue weighted by atomic mass is 16.5. The standard InChI is InChI=1S/C20H22N4O3/c1-3-6-17-18(10-9-16(13(2)25)20(17)26)27-12-15-8-5-4-7-14(15)11-19-21-23-24-22-19/h4-5,7-10,26H,3,6,11-12H2,1-2H3,(H,21,22,23,24). The number of rotatable bonds is 8. The number of H-pyrrole nitrogens is 1. The molecule has 3 aromatic rings. The molecule has 2 N–H and O–H groups in total. The summed E-state index contributed by atoms with van der Waals surface area (Å²) < 4.78 is 6.02. The van der Waals surface area contributed by atoms with Crippen molar-refractivity contribution >= 4 is 5.78 Å². The minimum atomic E-state index is -0.164. The lowest BCUT2D eigenvalue weighted by Gasteiger charge is -2.16. The number of aromatic hydroxyl groups is 1. The SMILES string of the molecule is CCCc1c(OCc2ccccc2Cc2nnn[nH]2)ccc(C(C)=O)c1O. The van der Waals surface area contributed by atoms with Crippen molar-refractivity contribution in [3.05, 3.63) is 64.5 Å². The summed E-state index contributed by atoms with van der Waals surface area (Å²) >= 11 is 0. The molecule has 0 unspecified atom stereocenters. The minimum absolute atomic E-state index is 0.0165. The van der Waals surface area contributed by atoms with Gasteiger partial charge in [-0.05, 0) is 47.0 Å². The number of ether oxygens (including phenoxy) is 1. The van der Waals surface area contributed by atoms with Crippen molar-refractivity contribution in [2.24, 2.45) is 0 Å². The summed E-state index contributed by atoms with van der Waals surface area (Å²) in [6, 6.07) is 11.3. The number of ketones is 1. The number of benzene rings is 2. The third-order valence-corrected chi connectivity index (χ3v) is 4.37. The molecule has 7 heteroatoms. The molecule has 7 nitrogen and oxygen atoms in total. The molecule has 1 aromatic heterocycles. The van der Waals surface area contributed by atoms with Gasteiger partial charge in [0, 0.05) is 12.0 Å². The first-order valence-electron chi connectivity index (χ1n) is 8.88. The number of tetrazole rings is 1. The second-order valence-electron chi connectivity index (χ2n) is 6.33. The quantitative estimate of drug-likeness (QED) is 0.594. The van der Waals surface area contributed by atoms with E-state index in [0.717, 1.165) is 17.5 Å². The number of carbonyl (C=O) groups is 1. The van der Waals surface area contributed by atoms with E-state index in [2.05, 4.69) is 20.6 Å². The zero-order chi connectivity index (χ0) is 19.2. The van der Waals surface area contributed by atoms with Gasteiger partial charge in [-0.2, -0.15) is 0 Å². The Morgan fingerprint density at radius 3 is 2.63 bits per heavy atom. The summed E-state index contributed by atoms with van der Waals surface area (Å²) in [5.41, 5.74) is 3.05. The fraction of sp³-hybridized carbons (Fsp3) is 0.300. The number of carbonyl (C=O) groups excluding carboxylic acids is 1. The van der Waals surface area contributed by atoms with E-state index >= 15 is 0 Å². The molecular formula is C20H22N4O3. The molecule has 0 aliphatic carbocycles. The number of nitrogens with one attached hydrogen (secondary N) is 1. The molecule has 0 aliphatic rings. The van der Waals surface area contributed by atoms with Gasteiger partial charge < -0.3 is 9.84 Å². The molecular weight excluding hydrogens is 344 g/mol. The normalized spacial score (nSPS) is 10.7. The van der Waals surface area contributed by atoms with Crippen LogP contribution in [-0.4, -0.2) is 31.5 Å². The first-order valence-corrected chi connectivity index (χ1v) is 8.88.